The maximum absolute atomic E-state index is 13.1. The molecule has 1 aliphatic heterocycles. The number of nitrogens with one attached hydrogen (secondary N) is 1. The summed E-state index contributed by atoms with van der Waals surface area (Å²) in [6.45, 7) is 3.03. The van der Waals surface area contributed by atoms with E-state index in [2.05, 4.69) is 5.32 Å². The number of hydrogen-bond acceptors (Lipinski definition) is 7. The zero-order chi connectivity index (χ0) is 22.4. The number of nitrogens with zero attached hydrogens (tertiary/aromatic N) is 1. The van der Waals surface area contributed by atoms with Gasteiger partial charge in [0, 0.05) is 23.7 Å². The van der Waals surface area contributed by atoms with Gasteiger partial charge in [0.1, 0.15) is 16.4 Å². The summed E-state index contributed by atoms with van der Waals surface area (Å²) < 4.78 is 43.2. The van der Waals surface area contributed by atoms with E-state index in [0.29, 0.717) is 18.9 Å². The molecule has 168 valence electrons. The van der Waals surface area contributed by atoms with E-state index in [0.717, 1.165) is 10.6 Å². The number of sulfonamides is 1. The summed E-state index contributed by atoms with van der Waals surface area (Å²) in [5.41, 5.74) is 0.389. The second-order valence-corrected chi connectivity index (χ2v) is 10.1. The zero-order valence-corrected chi connectivity index (χ0v) is 19.3. The number of methoxy groups -OCH3 is 2. The van der Waals surface area contributed by atoms with Crippen LogP contribution in [0.4, 0.5) is 5.69 Å². The minimum atomic E-state index is -3.78. The highest BCUT2D eigenvalue weighted by Gasteiger charge is 2.29. The molecule has 8 nitrogen and oxygen atoms in total. The number of hydrogen-bond donors (Lipinski definition) is 1. The predicted molar refractivity (Wildman–Crippen MR) is 120 cm³/mol. The van der Waals surface area contributed by atoms with Crippen LogP contribution in [0.2, 0.25) is 0 Å². The van der Waals surface area contributed by atoms with Crippen LogP contribution in [0.5, 0.6) is 11.5 Å². The van der Waals surface area contributed by atoms with E-state index >= 15 is 0 Å². The Morgan fingerprint density at radius 2 is 1.77 bits per heavy atom. The van der Waals surface area contributed by atoms with Crippen LogP contribution in [-0.4, -0.2) is 64.4 Å². The molecule has 3 rings (SSSR count). The molecule has 0 spiro atoms. The maximum Gasteiger partial charge on any atom is 0.246 e. The van der Waals surface area contributed by atoms with Crippen LogP contribution < -0.4 is 14.8 Å². The fourth-order valence-electron chi connectivity index (χ4n) is 3.04. The number of ether oxygens (including phenoxy) is 3. The smallest absolute Gasteiger partial charge is 0.246 e. The summed E-state index contributed by atoms with van der Waals surface area (Å²) in [4.78, 5) is 13.6. The van der Waals surface area contributed by atoms with Crippen LogP contribution in [0, 0.1) is 0 Å². The maximum atomic E-state index is 13.1. The number of amides is 1. The molecule has 0 bridgehead atoms. The Labute approximate surface area is 186 Å². The SMILES string of the molecule is COc1ccc(S[C@H](C)C(=O)Nc2ccc(OC)c(S(=O)(=O)N3CCOCC3)c2)cc1. The van der Waals surface area contributed by atoms with Crippen LogP contribution >= 0.6 is 11.8 Å². The third-order valence-electron chi connectivity index (χ3n) is 4.76. The molecule has 1 fully saturated rings. The summed E-state index contributed by atoms with van der Waals surface area (Å²) in [6.07, 6.45) is 0. The highest BCUT2D eigenvalue weighted by Crippen LogP contribution is 2.31. The molecular formula is C21H26N2O6S2. The van der Waals surface area contributed by atoms with Gasteiger partial charge >= 0.3 is 0 Å². The molecule has 1 aliphatic rings. The van der Waals surface area contributed by atoms with Gasteiger partial charge in [0.15, 0.2) is 0 Å². The van der Waals surface area contributed by atoms with E-state index < -0.39 is 15.3 Å². The molecule has 2 aromatic carbocycles. The lowest BCUT2D eigenvalue weighted by molar-refractivity contribution is -0.115. The number of rotatable bonds is 8. The highest BCUT2D eigenvalue weighted by atomic mass is 32.2. The zero-order valence-electron chi connectivity index (χ0n) is 17.7. The molecule has 1 N–H and O–H groups in total. The van der Waals surface area contributed by atoms with Gasteiger partial charge in [-0.2, -0.15) is 4.31 Å². The third-order valence-corrected chi connectivity index (χ3v) is 7.79. The normalized spacial score (nSPS) is 15.8. The number of morpholine rings is 1. The molecule has 0 radical (unpaired) electrons. The summed E-state index contributed by atoms with van der Waals surface area (Å²) in [6, 6.07) is 12.0. The third kappa shape index (κ3) is 5.70. The van der Waals surface area contributed by atoms with E-state index in [4.69, 9.17) is 14.2 Å². The first-order valence-corrected chi connectivity index (χ1v) is 12.0. The van der Waals surface area contributed by atoms with Crippen molar-refractivity contribution in [3.05, 3.63) is 42.5 Å². The number of carbonyl (C=O) groups is 1. The summed E-state index contributed by atoms with van der Waals surface area (Å²) >= 11 is 1.40. The minimum absolute atomic E-state index is 0.0187. The van der Waals surface area contributed by atoms with Crippen molar-refractivity contribution < 1.29 is 27.4 Å². The average Bonchev–Trinajstić information content (AvgIpc) is 2.80. The van der Waals surface area contributed by atoms with Gasteiger partial charge in [-0.25, -0.2) is 8.42 Å². The number of thioether (sulfide) groups is 1. The first-order chi connectivity index (χ1) is 14.8. The second-order valence-electron chi connectivity index (χ2n) is 6.81. The standard InChI is InChI=1S/C21H26N2O6S2/c1-15(30-18-7-5-17(27-2)6-8-18)21(24)22-16-4-9-19(28-3)20(14-16)31(25,26)23-10-12-29-13-11-23/h4-9,14-15H,10-13H2,1-3H3,(H,22,24)/t15-/m1/s1. The first-order valence-electron chi connectivity index (χ1n) is 9.72. The predicted octanol–water partition coefficient (Wildman–Crippen LogP) is 2.84. The van der Waals surface area contributed by atoms with Gasteiger partial charge < -0.3 is 19.5 Å². The molecule has 0 unspecified atom stereocenters. The fourth-order valence-corrected chi connectivity index (χ4v) is 5.49. The Kier molecular flexibility index (Phi) is 7.82. The van der Waals surface area contributed by atoms with Crippen molar-refractivity contribution in [1.29, 1.82) is 0 Å². The highest BCUT2D eigenvalue weighted by molar-refractivity contribution is 8.00. The summed E-state index contributed by atoms with van der Waals surface area (Å²) in [7, 11) is -0.765. The molecule has 10 heteroatoms. The van der Waals surface area contributed by atoms with Gasteiger partial charge in [0.05, 0.1) is 32.7 Å². The molecule has 1 saturated heterocycles. The Morgan fingerprint density at radius 1 is 1.10 bits per heavy atom. The van der Waals surface area contributed by atoms with Crippen LogP contribution in [0.25, 0.3) is 0 Å². The lowest BCUT2D eigenvalue weighted by Gasteiger charge is -2.27. The molecule has 31 heavy (non-hydrogen) atoms. The molecule has 0 aromatic heterocycles. The lowest BCUT2D eigenvalue weighted by Crippen LogP contribution is -2.40. The number of benzene rings is 2. The minimum Gasteiger partial charge on any atom is -0.497 e. The first kappa shape index (κ1) is 23.4. The van der Waals surface area contributed by atoms with E-state index in [-0.39, 0.29) is 29.6 Å². The van der Waals surface area contributed by atoms with Crippen molar-refractivity contribution in [2.24, 2.45) is 0 Å². The van der Waals surface area contributed by atoms with Gasteiger partial charge in [0.25, 0.3) is 0 Å². The molecule has 1 atom stereocenters. The largest absolute Gasteiger partial charge is 0.497 e. The van der Waals surface area contributed by atoms with Gasteiger partial charge in [-0.05, 0) is 49.4 Å². The Bertz CT molecular complexity index is 1010. The van der Waals surface area contributed by atoms with Crippen molar-refractivity contribution in [2.45, 2.75) is 22.0 Å². The van der Waals surface area contributed by atoms with Crippen LogP contribution in [0.1, 0.15) is 6.92 Å². The summed E-state index contributed by atoms with van der Waals surface area (Å²) in [5.74, 6) is 0.736. The van der Waals surface area contributed by atoms with Gasteiger partial charge in [-0.3, -0.25) is 4.79 Å². The Balaban J connectivity index is 1.74. The molecule has 0 aliphatic carbocycles. The van der Waals surface area contributed by atoms with Gasteiger partial charge in [-0.15, -0.1) is 11.8 Å². The Hall–Kier alpha value is -2.27. The lowest BCUT2D eigenvalue weighted by atomic mass is 10.3. The van der Waals surface area contributed by atoms with Crippen LogP contribution in [0.15, 0.2) is 52.3 Å². The average molecular weight is 467 g/mol. The Morgan fingerprint density at radius 3 is 2.39 bits per heavy atom. The van der Waals surface area contributed by atoms with Crippen molar-refractivity contribution >= 4 is 33.4 Å². The van der Waals surface area contributed by atoms with Crippen molar-refractivity contribution in [3.63, 3.8) is 0 Å². The van der Waals surface area contributed by atoms with E-state index in [1.807, 2.05) is 24.3 Å². The molecular weight excluding hydrogens is 440 g/mol. The monoisotopic (exact) mass is 466 g/mol. The second kappa shape index (κ2) is 10.4. The molecule has 1 amide bonds. The van der Waals surface area contributed by atoms with Gasteiger partial charge in [0.2, 0.25) is 15.9 Å². The molecule has 0 saturated carbocycles. The van der Waals surface area contributed by atoms with Crippen LogP contribution in [-0.2, 0) is 19.6 Å². The molecule has 1 heterocycles. The fraction of sp³-hybridized carbons (Fsp3) is 0.381. The van der Waals surface area contributed by atoms with Crippen molar-refractivity contribution in [2.75, 3.05) is 45.8 Å². The number of carbonyl (C=O) groups excluding carboxylic acids is 1. The molecule has 2 aromatic rings. The van der Waals surface area contributed by atoms with Gasteiger partial charge in [-0.1, -0.05) is 0 Å². The van der Waals surface area contributed by atoms with Crippen molar-refractivity contribution in [1.82, 2.24) is 4.31 Å². The number of anilines is 1. The van der Waals surface area contributed by atoms with Crippen molar-refractivity contribution in [3.8, 4) is 11.5 Å². The summed E-state index contributed by atoms with van der Waals surface area (Å²) in [5, 5.41) is 2.41. The quantitative estimate of drug-likeness (QED) is 0.598. The van der Waals surface area contributed by atoms with E-state index in [9.17, 15) is 13.2 Å². The topological polar surface area (TPSA) is 94.2 Å². The van der Waals surface area contributed by atoms with E-state index in [1.165, 1.54) is 29.2 Å². The van der Waals surface area contributed by atoms with E-state index in [1.54, 1.807) is 26.2 Å². The van der Waals surface area contributed by atoms with Crippen LogP contribution in [0.3, 0.4) is 0 Å².